The van der Waals surface area contributed by atoms with Gasteiger partial charge in [-0.15, -0.1) is 0 Å². The molecule has 0 bridgehead atoms. The number of nitriles is 1. The van der Waals surface area contributed by atoms with Crippen molar-refractivity contribution < 1.29 is 9.00 Å². The van der Waals surface area contributed by atoms with Crippen LogP contribution in [-0.4, -0.2) is 34.4 Å². The number of halogens is 2. The Bertz CT molecular complexity index is 543. The zero-order chi connectivity index (χ0) is 14.4. The molecule has 1 rings (SSSR count). The number of carbonyl (C=O) groups is 1. The molecule has 0 N–H and O–H groups in total. The number of hydrogen-bond donors (Lipinski definition) is 0. The molecular weight excluding hydrogens is 307 g/mol. The van der Waals surface area contributed by atoms with Gasteiger partial charge in [-0.3, -0.25) is 9.00 Å². The molecule has 1 amide bonds. The van der Waals surface area contributed by atoms with Crippen LogP contribution < -0.4 is 0 Å². The molecule has 1 aromatic rings. The van der Waals surface area contributed by atoms with Crippen LogP contribution in [0.4, 0.5) is 0 Å². The van der Waals surface area contributed by atoms with E-state index in [0.29, 0.717) is 21.5 Å². The van der Waals surface area contributed by atoms with Crippen molar-refractivity contribution >= 4 is 39.9 Å². The average molecular weight is 319 g/mol. The van der Waals surface area contributed by atoms with E-state index >= 15 is 0 Å². The molecule has 0 spiro atoms. The maximum Gasteiger partial charge on any atom is 0.235 e. The molecule has 0 aromatic heterocycles. The largest absolute Gasteiger partial charge is 0.344 e. The molecule has 0 heterocycles. The van der Waals surface area contributed by atoms with Crippen LogP contribution >= 0.6 is 23.2 Å². The van der Waals surface area contributed by atoms with Gasteiger partial charge in [-0.1, -0.05) is 23.2 Å². The molecular formula is C12H12Cl2N2O2S. The Labute approximate surface area is 124 Å². The van der Waals surface area contributed by atoms with Crippen molar-refractivity contribution in [3.05, 3.63) is 28.2 Å². The fourth-order valence-corrected chi connectivity index (χ4v) is 2.71. The first-order valence-electron chi connectivity index (χ1n) is 5.40. The monoisotopic (exact) mass is 318 g/mol. The molecule has 7 heteroatoms. The molecule has 0 aliphatic carbocycles. The van der Waals surface area contributed by atoms with E-state index in [9.17, 15) is 9.00 Å². The van der Waals surface area contributed by atoms with E-state index < -0.39 is 10.8 Å². The number of carbonyl (C=O) groups excluding carboxylic acids is 1. The number of nitrogens with zero attached hydrogens (tertiary/aromatic N) is 2. The third kappa shape index (κ3) is 4.83. The SMILES string of the molecule is CN(CCC#N)C(=O)CS(=O)c1ccc(Cl)c(Cl)c1. The van der Waals surface area contributed by atoms with Gasteiger partial charge in [-0.2, -0.15) is 5.26 Å². The molecule has 1 atom stereocenters. The molecule has 102 valence electrons. The molecule has 0 fully saturated rings. The Morgan fingerprint density at radius 1 is 1.42 bits per heavy atom. The molecule has 0 radical (unpaired) electrons. The normalized spacial score (nSPS) is 11.7. The highest BCUT2D eigenvalue weighted by Gasteiger charge is 2.15. The van der Waals surface area contributed by atoms with Crippen molar-refractivity contribution in [3.8, 4) is 6.07 Å². The quantitative estimate of drug-likeness (QED) is 0.837. The third-order valence-electron chi connectivity index (χ3n) is 2.39. The lowest BCUT2D eigenvalue weighted by Gasteiger charge is -2.15. The summed E-state index contributed by atoms with van der Waals surface area (Å²) in [5, 5.41) is 9.12. The third-order valence-corrected chi connectivity index (χ3v) is 4.42. The first-order valence-corrected chi connectivity index (χ1v) is 7.47. The summed E-state index contributed by atoms with van der Waals surface area (Å²) in [6.45, 7) is 0.327. The highest BCUT2D eigenvalue weighted by Crippen LogP contribution is 2.24. The Balaban J connectivity index is 2.66. The van der Waals surface area contributed by atoms with Crippen LogP contribution in [0, 0.1) is 11.3 Å². The number of hydrogen-bond acceptors (Lipinski definition) is 3. The minimum absolute atomic E-state index is 0.139. The summed E-state index contributed by atoms with van der Waals surface area (Å²) in [5.74, 6) is -0.417. The molecule has 1 aromatic carbocycles. The lowest BCUT2D eigenvalue weighted by molar-refractivity contribution is -0.127. The van der Waals surface area contributed by atoms with Gasteiger partial charge in [-0.25, -0.2) is 0 Å². The summed E-state index contributed by atoms with van der Waals surface area (Å²) < 4.78 is 12.0. The summed E-state index contributed by atoms with van der Waals surface area (Å²) >= 11 is 11.6. The fourth-order valence-electron chi connectivity index (χ4n) is 1.27. The predicted molar refractivity (Wildman–Crippen MR) is 75.6 cm³/mol. The molecule has 19 heavy (non-hydrogen) atoms. The zero-order valence-corrected chi connectivity index (χ0v) is 12.6. The van der Waals surface area contributed by atoms with Crippen LogP contribution in [0.15, 0.2) is 23.1 Å². The molecule has 0 aliphatic heterocycles. The van der Waals surface area contributed by atoms with Gasteiger partial charge >= 0.3 is 0 Å². The van der Waals surface area contributed by atoms with E-state index in [1.165, 1.54) is 11.0 Å². The summed E-state index contributed by atoms with van der Waals surface area (Å²) in [6.07, 6.45) is 0.252. The first kappa shape index (κ1) is 16.0. The van der Waals surface area contributed by atoms with Crippen molar-refractivity contribution in [1.29, 1.82) is 5.26 Å². The smallest absolute Gasteiger partial charge is 0.235 e. The fraction of sp³-hybridized carbons (Fsp3) is 0.333. The lowest BCUT2D eigenvalue weighted by atomic mass is 10.4. The second kappa shape index (κ2) is 7.49. The minimum atomic E-state index is -1.48. The van der Waals surface area contributed by atoms with Gasteiger partial charge in [0.1, 0.15) is 5.75 Å². The maximum absolute atomic E-state index is 12.0. The summed E-state index contributed by atoms with van der Waals surface area (Å²) in [5.41, 5.74) is 0. The topological polar surface area (TPSA) is 61.2 Å². The second-order valence-corrected chi connectivity index (χ2v) is 6.05. The maximum atomic E-state index is 12.0. The number of amides is 1. The van der Waals surface area contributed by atoms with Gasteiger partial charge < -0.3 is 4.90 Å². The molecule has 4 nitrogen and oxygen atoms in total. The highest BCUT2D eigenvalue weighted by molar-refractivity contribution is 7.85. The van der Waals surface area contributed by atoms with E-state index in [-0.39, 0.29) is 18.1 Å². The van der Waals surface area contributed by atoms with Crippen molar-refractivity contribution in [3.63, 3.8) is 0 Å². The molecule has 0 aliphatic rings. The summed E-state index contributed by atoms with van der Waals surface area (Å²) in [6, 6.07) is 6.56. The van der Waals surface area contributed by atoms with E-state index in [4.69, 9.17) is 28.5 Å². The van der Waals surface area contributed by atoms with Crippen LogP contribution in [0.2, 0.25) is 10.0 Å². The average Bonchev–Trinajstić information content (AvgIpc) is 2.38. The number of rotatable bonds is 5. The van der Waals surface area contributed by atoms with Crippen LogP contribution in [0.25, 0.3) is 0 Å². The van der Waals surface area contributed by atoms with E-state index in [2.05, 4.69) is 0 Å². The van der Waals surface area contributed by atoms with Gasteiger partial charge in [0, 0.05) is 18.5 Å². The minimum Gasteiger partial charge on any atom is -0.344 e. The molecule has 0 saturated heterocycles. The second-order valence-electron chi connectivity index (χ2n) is 3.79. The van der Waals surface area contributed by atoms with Crippen LogP contribution in [0.1, 0.15) is 6.42 Å². The predicted octanol–water partition coefficient (Wildman–Crippen LogP) is 2.47. The van der Waals surface area contributed by atoms with Gasteiger partial charge in [0.25, 0.3) is 0 Å². The van der Waals surface area contributed by atoms with Crippen LogP contribution in [-0.2, 0) is 15.6 Å². The van der Waals surface area contributed by atoms with Crippen molar-refractivity contribution in [2.24, 2.45) is 0 Å². The Morgan fingerprint density at radius 3 is 2.68 bits per heavy atom. The van der Waals surface area contributed by atoms with Gasteiger partial charge in [0.15, 0.2) is 0 Å². The zero-order valence-electron chi connectivity index (χ0n) is 10.2. The van der Waals surface area contributed by atoms with Crippen molar-refractivity contribution in [1.82, 2.24) is 4.90 Å². The molecule has 0 saturated carbocycles. The van der Waals surface area contributed by atoms with E-state index in [0.717, 1.165) is 0 Å². The lowest BCUT2D eigenvalue weighted by Crippen LogP contribution is -2.31. The molecule has 1 unspecified atom stereocenters. The van der Waals surface area contributed by atoms with E-state index in [1.54, 1.807) is 19.2 Å². The van der Waals surface area contributed by atoms with Crippen molar-refractivity contribution in [2.45, 2.75) is 11.3 Å². The standard InChI is InChI=1S/C12H12Cl2N2O2S/c1-16(6-2-5-15)12(17)8-19(18)9-3-4-10(13)11(14)7-9/h3-4,7H,2,6,8H2,1H3. The summed E-state index contributed by atoms with van der Waals surface area (Å²) in [7, 11) is 0.0998. The highest BCUT2D eigenvalue weighted by atomic mass is 35.5. The Morgan fingerprint density at radius 2 is 2.11 bits per heavy atom. The Kier molecular flexibility index (Phi) is 6.29. The summed E-state index contributed by atoms with van der Waals surface area (Å²) in [4.78, 5) is 13.6. The van der Waals surface area contributed by atoms with Crippen molar-refractivity contribution in [2.75, 3.05) is 19.3 Å². The van der Waals surface area contributed by atoms with Crippen LogP contribution in [0.3, 0.4) is 0 Å². The van der Waals surface area contributed by atoms with Gasteiger partial charge in [-0.05, 0) is 18.2 Å². The van der Waals surface area contributed by atoms with Gasteiger partial charge in [0.05, 0.1) is 33.3 Å². The first-order chi connectivity index (χ1) is 8.95. The van der Waals surface area contributed by atoms with E-state index in [1.807, 2.05) is 6.07 Å². The Hall–Kier alpha value is -1.09. The van der Waals surface area contributed by atoms with Gasteiger partial charge in [0.2, 0.25) is 5.91 Å². The van der Waals surface area contributed by atoms with Crippen LogP contribution in [0.5, 0.6) is 0 Å². The number of benzene rings is 1.